The van der Waals surface area contributed by atoms with Crippen LogP contribution >= 0.6 is 0 Å². The SMILES string of the molecule is C[C](C)(C)[Sn][c]1cccc(N2CCC(C(C)(C)O)C2)n1. The number of anilines is 1. The normalized spacial score (nSPS) is 20.5. The molecule has 0 saturated carbocycles. The molecule has 4 heteroatoms. The van der Waals surface area contributed by atoms with Gasteiger partial charge in [0, 0.05) is 0 Å². The molecule has 0 bridgehead atoms. The van der Waals surface area contributed by atoms with Crippen LogP contribution in [0.3, 0.4) is 0 Å². The van der Waals surface area contributed by atoms with Crippen molar-refractivity contribution in [2.75, 3.05) is 18.0 Å². The third-order valence-corrected chi connectivity index (χ3v) is 7.42. The van der Waals surface area contributed by atoms with Gasteiger partial charge in [-0.1, -0.05) is 0 Å². The van der Waals surface area contributed by atoms with Crippen LogP contribution < -0.4 is 8.61 Å². The van der Waals surface area contributed by atoms with E-state index in [0.717, 1.165) is 25.3 Å². The maximum absolute atomic E-state index is 10.2. The van der Waals surface area contributed by atoms with Crippen LogP contribution in [-0.2, 0) is 0 Å². The second-order valence-corrected chi connectivity index (χ2v) is 13.8. The van der Waals surface area contributed by atoms with Gasteiger partial charge in [-0.15, -0.1) is 0 Å². The van der Waals surface area contributed by atoms with Gasteiger partial charge < -0.3 is 0 Å². The van der Waals surface area contributed by atoms with Gasteiger partial charge in [-0.25, -0.2) is 0 Å². The topological polar surface area (TPSA) is 36.4 Å². The van der Waals surface area contributed by atoms with Crippen molar-refractivity contribution in [2.45, 2.75) is 50.1 Å². The second-order valence-electron chi connectivity index (χ2n) is 7.34. The molecule has 0 aliphatic carbocycles. The fraction of sp³-hybridized carbons (Fsp3) is 0.688. The van der Waals surface area contributed by atoms with Crippen molar-refractivity contribution in [1.29, 1.82) is 0 Å². The number of aromatic nitrogens is 1. The van der Waals surface area contributed by atoms with Gasteiger partial charge in [0.15, 0.2) is 0 Å². The molecule has 1 aromatic heterocycles. The van der Waals surface area contributed by atoms with Crippen molar-refractivity contribution < 1.29 is 5.11 Å². The summed E-state index contributed by atoms with van der Waals surface area (Å²) >= 11 is -0.649. The quantitative estimate of drug-likeness (QED) is 0.817. The third-order valence-electron chi connectivity index (χ3n) is 3.75. The summed E-state index contributed by atoms with van der Waals surface area (Å²) in [6.45, 7) is 12.7. The molecule has 1 atom stereocenters. The molecule has 0 spiro atoms. The molecule has 2 rings (SSSR count). The Labute approximate surface area is 133 Å². The van der Waals surface area contributed by atoms with E-state index < -0.39 is 26.7 Å². The first-order valence-electron chi connectivity index (χ1n) is 7.38. The summed E-state index contributed by atoms with van der Waals surface area (Å²) in [6, 6.07) is 6.43. The molecule has 1 fully saturated rings. The van der Waals surface area contributed by atoms with Crippen molar-refractivity contribution in [3.63, 3.8) is 0 Å². The molecule has 1 N–H and O–H groups in total. The van der Waals surface area contributed by atoms with Crippen molar-refractivity contribution in [3.8, 4) is 0 Å². The van der Waals surface area contributed by atoms with E-state index >= 15 is 0 Å². The van der Waals surface area contributed by atoms with Crippen LogP contribution in [-0.4, -0.2) is 49.9 Å². The summed E-state index contributed by atoms with van der Waals surface area (Å²) < 4.78 is 1.75. The summed E-state index contributed by atoms with van der Waals surface area (Å²) in [7, 11) is 0. The standard InChI is InChI=1S/C12H17N2O.C4H9.Sn/c1-12(2,15)10-6-8-14(9-10)11-5-3-4-7-13-11;1-4(2)3;/h3-5,10,15H,6,8-9H2,1-2H3;1-3H3;. The van der Waals surface area contributed by atoms with Gasteiger partial charge in [0.25, 0.3) is 0 Å². The van der Waals surface area contributed by atoms with Crippen LogP contribution in [0.4, 0.5) is 5.82 Å². The van der Waals surface area contributed by atoms with E-state index in [0.29, 0.717) is 9.35 Å². The number of aliphatic hydroxyl groups is 1. The zero-order valence-electron chi connectivity index (χ0n) is 13.3. The molecule has 2 radical (unpaired) electrons. The molecule has 1 aliphatic rings. The van der Waals surface area contributed by atoms with E-state index in [1.54, 1.807) is 0 Å². The Bertz CT molecular complexity index is 462. The monoisotopic (exact) mass is 382 g/mol. The first-order chi connectivity index (χ1) is 9.15. The molecule has 1 saturated heterocycles. The van der Waals surface area contributed by atoms with Gasteiger partial charge in [-0.2, -0.15) is 0 Å². The number of rotatable bonds is 3. The molecule has 1 aliphatic heterocycles. The molecule has 20 heavy (non-hydrogen) atoms. The summed E-state index contributed by atoms with van der Waals surface area (Å²) in [4.78, 5) is 7.20. The number of pyridine rings is 1. The molecule has 1 unspecified atom stereocenters. The number of nitrogens with zero attached hydrogens (tertiary/aromatic N) is 2. The molecular formula is C16H26N2OSn. The predicted octanol–water partition coefficient (Wildman–Crippen LogP) is 2.23. The van der Waals surface area contributed by atoms with Gasteiger partial charge in [-0.3, -0.25) is 0 Å². The average Bonchev–Trinajstić information content (AvgIpc) is 2.75. The zero-order chi connectivity index (χ0) is 15.0. The number of hydrogen-bond acceptors (Lipinski definition) is 3. The fourth-order valence-electron chi connectivity index (χ4n) is 2.60. The number of hydrogen-bond donors (Lipinski definition) is 1. The molecule has 3 nitrogen and oxygen atoms in total. The molecular weight excluding hydrogens is 355 g/mol. The summed E-state index contributed by atoms with van der Waals surface area (Å²) in [5, 5.41) is 10.2. The van der Waals surface area contributed by atoms with Crippen LogP contribution in [0.2, 0.25) is 3.43 Å². The van der Waals surface area contributed by atoms with Gasteiger partial charge in [0.1, 0.15) is 0 Å². The van der Waals surface area contributed by atoms with E-state index in [4.69, 9.17) is 4.98 Å². The summed E-state index contributed by atoms with van der Waals surface area (Å²) in [5.41, 5.74) is -0.589. The fourth-order valence-corrected chi connectivity index (χ4v) is 5.79. The maximum atomic E-state index is 10.2. The van der Waals surface area contributed by atoms with Crippen molar-refractivity contribution in [3.05, 3.63) is 18.2 Å². The second kappa shape index (κ2) is 5.84. The van der Waals surface area contributed by atoms with Crippen LogP contribution in [0.1, 0.15) is 41.0 Å². The molecule has 0 aromatic carbocycles. The van der Waals surface area contributed by atoms with Crippen LogP contribution in [0.5, 0.6) is 0 Å². The van der Waals surface area contributed by atoms with Gasteiger partial charge in [0.05, 0.1) is 0 Å². The predicted molar refractivity (Wildman–Crippen MR) is 86.0 cm³/mol. The Hall–Kier alpha value is -0.291. The van der Waals surface area contributed by atoms with E-state index in [9.17, 15) is 5.11 Å². The molecule has 1 aromatic rings. The first kappa shape index (κ1) is 16.1. The molecule has 0 amide bonds. The first-order valence-corrected chi connectivity index (χ1v) is 10.2. The zero-order valence-corrected chi connectivity index (χ0v) is 16.1. The van der Waals surface area contributed by atoms with Gasteiger partial charge in [-0.05, 0) is 0 Å². The van der Waals surface area contributed by atoms with Crippen LogP contribution in [0.15, 0.2) is 18.2 Å². The van der Waals surface area contributed by atoms with Crippen molar-refractivity contribution in [1.82, 2.24) is 4.98 Å². The van der Waals surface area contributed by atoms with E-state index in [1.165, 1.54) is 3.71 Å². The Balaban J connectivity index is 2.09. The third kappa shape index (κ3) is 4.35. The van der Waals surface area contributed by atoms with Crippen LogP contribution in [0.25, 0.3) is 0 Å². The van der Waals surface area contributed by atoms with E-state index in [-0.39, 0.29) is 0 Å². The Morgan fingerprint density at radius 1 is 1.25 bits per heavy atom. The van der Waals surface area contributed by atoms with Crippen LogP contribution in [0, 0.1) is 5.92 Å². The van der Waals surface area contributed by atoms with Crippen molar-refractivity contribution >= 4 is 30.7 Å². The molecule has 2 heterocycles. The minimum atomic E-state index is -0.649. The Kier molecular flexibility index (Phi) is 4.69. The minimum absolute atomic E-state index is 0.343. The van der Waals surface area contributed by atoms with E-state index in [2.05, 4.69) is 43.9 Å². The molecule has 110 valence electrons. The van der Waals surface area contributed by atoms with Gasteiger partial charge in [0.2, 0.25) is 0 Å². The summed E-state index contributed by atoms with van der Waals surface area (Å²) in [5.74, 6) is 1.44. The van der Waals surface area contributed by atoms with Gasteiger partial charge >= 0.3 is 133 Å². The van der Waals surface area contributed by atoms with Crippen molar-refractivity contribution in [2.24, 2.45) is 5.92 Å². The Morgan fingerprint density at radius 2 is 1.95 bits per heavy atom. The van der Waals surface area contributed by atoms with E-state index in [1.807, 2.05) is 13.8 Å². The Morgan fingerprint density at radius 3 is 2.50 bits per heavy atom. The average molecular weight is 381 g/mol. The summed E-state index contributed by atoms with van der Waals surface area (Å²) in [6.07, 6.45) is 1.05.